The number of anilines is 2. The molecule has 1 fully saturated rings. The average Bonchev–Trinajstić information content (AvgIpc) is 3.26. The zero-order valence-electron chi connectivity index (χ0n) is 17.0. The Morgan fingerprint density at radius 2 is 1.97 bits per heavy atom. The third-order valence-electron chi connectivity index (χ3n) is 5.16. The molecule has 3 aromatic rings. The number of halogens is 1. The third-order valence-corrected chi connectivity index (χ3v) is 6.25. The van der Waals surface area contributed by atoms with Gasteiger partial charge in [-0.1, -0.05) is 35.6 Å². The molecule has 160 valence electrons. The summed E-state index contributed by atoms with van der Waals surface area (Å²) in [5.41, 5.74) is 2.16. The first-order valence-electron chi connectivity index (χ1n) is 10.0. The summed E-state index contributed by atoms with van der Waals surface area (Å²) in [7, 11) is 0. The van der Waals surface area contributed by atoms with Gasteiger partial charge < -0.3 is 15.5 Å². The van der Waals surface area contributed by atoms with E-state index in [4.69, 9.17) is 0 Å². The number of hydrogen-bond acceptors (Lipinski definition) is 5. The van der Waals surface area contributed by atoms with Gasteiger partial charge in [0.2, 0.25) is 5.01 Å². The molecule has 7 nitrogen and oxygen atoms in total. The molecule has 1 atom stereocenters. The minimum atomic E-state index is -0.431. The number of amides is 3. The fourth-order valence-corrected chi connectivity index (χ4v) is 4.38. The monoisotopic (exact) mass is 439 g/mol. The topological polar surface area (TPSA) is 87.2 Å². The number of rotatable bonds is 4. The van der Waals surface area contributed by atoms with E-state index in [9.17, 15) is 14.0 Å². The normalized spacial score (nSPS) is 16.1. The Hall–Kier alpha value is -3.33. The van der Waals surface area contributed by atoms with Gasteiger partial charge in [-0.05, 0) is 49.6 Å². The van der Waals surface area contributed by atoms with Crippen molar-refractivity contribution in [3.63, 3.8) is 0 Å². The van der Waals surface area contributed by atoms with Crippen molar-refractivity contribution in [2.24, 2.45) is 0 Å². The highest BCUT2D eigenvalue weighted by Gasteiger charge is 2.28. The summed E-state index contributed by atoms with van der Waals surface area (Å²) in [5, 5.41) is 14.7. The van der Waals surface area contributed by atoms with E-state index in [0.29, 0.717) is 18.8 Å². The molecule has 1 aliphatic rings. The van der Waals surface area contributed by atoms with Crippen LogP contribution in [-0.2, 0) is 0 Å². The number of piperidine rings is 1. The van der Waals surface area contributed by atoms with Crippen LogP contribution in [0.3, 0.4) is 0 Å². The molecular formula is C22H22FN5O2S. The summed E-state index contributed by atoms with van der Waals surface area (Å²) in [6.07, 6.45) is 1.71. The number of nitrogens with one attached hydrogen (secondary N) is 2. The Morgan fingerprint density at radius 1 is 1.13 bits per heavy atom. The lowest BCUT2D eigenvalue weighted by molar-refractivity contribution is 0.102. The Balaban J connectivity index is 1.39. The van der Waals surface area contributed by atoms with Gasteiger partial charge >= 0.3 is 6.03 Å². The van der Waals surface area contributed by atoms with Gasteiger partial charge in [0, 0.05) is 30.4 Å². The van der Waals surface area contributed by atoms with Crippen LogP contribution in [0.15, 0.2) is 48.5 Å². The van der Waals surface area contributed by atoms with Crippen molar-refractivity contribution in [1.82, 2.24) is 15.1 Å². The number of aromatic nitrogens is 2. The van der Waals surface area contributed by atoms with Gasteiger partial charge in [-0.3, -0.25) is 4.79 Å². The predicted molar refractivity (Wildman–Crippen MR) is 118 cm³/mol. The van der Waals surface area contributed by atoms with Gasteiger partial charge in [0.15, 0.2) is 0 Å². The van der Waals surface area contributed by atoms with Crippen LogP contribution in [0.1, 0.15) is 39.1 Å². The highest BCUT2D eigenvalue weighted by Crippen LogP contribution is 2.30. The molecule has 1 saturated heterocycles. The number of aryl methyl sites for hydroxylation is 1. The number of nitrogens with zero attached hydrogens (tertiary/aromatic N) is 3. The standard InChI is InChI=1S/C22H22FN5O2S/c1-14-6-2-3-10-18(14)25-22(30)28-11-5-7-15(13-28)20-26-27-21(31-20)19(29)24-17-9-4-8-16(23)12-17/h2-4,6,8-10,12,15H,5,7,11,13H2,1H3,(H,24,29)(H,25,30). The van der Waals surface area contributed by atoms with E-state index < -0.39 is 11.7 Å². The molecule has 4 rings (SSSR count). The molecule has 0 radical (unpaired) electrons. The van der Waals surface area contributed by atoms with Crippen molar-refractivity contribution in [3.8, 4) is 0 Å². The van der Waals surface area contributed by atoms with Gasteiger partial charge in [-0.25, -0.2) is 9.18 Å². The fourth-order valence-electron chi connectivity index (χ4n) is 3.51. The highest BCUT2D eigenvalue weighted by atomic mass is 32.1. The average molecular weight is 440 g/mol. The second kappa shape index (κ2) is 9.22. The van der Waals surface area contributed by atoms with Gasteiger partial charge in [0.25, 0.3) is 5.91 Å². The smallest absolute Gasteiger partial charge is 0.321 e. The summed E-state index contributed by atoms with van der Waals surface area (Å²) < 4.78 is 13.3. The van der Waals surface area contributed by atoms with Crippen molar-refractivity contribution >= 4 is 34.6 Å². The van der Waals surface area contributed by atoms with Crippen molar-refractivity contribution in [2.75, 3.05) is 23.7 Å². The van der Waals surface area contributed by atoms with Crippen LogP contribution in [0.5, 0.6) is 0 Å². The minimum absolute atomic E-state index is 0.0181. The molecule has 2 N–H and O–H groups in total. The minimum Gasteiger partial charge on any atom is -0.324 e. The molecule has 1 aromatic heterocycles. The second-order valence-electron chi connectivity index (χ2n) is 7.44. The number of urea groups is 1. The maximum atomic E-state index is 13.3. The predicted octanol–water partition coefficient (Wildman–Crippen LogP) is 4.65. The molecule has 0 spiro atoms. The molecule has 2 heterocycles. The molecule has 1 unspecified atom stereocenters. The van der Waals surface area contributed by atoms with Crippen LogP contribution >= 0.6 is 11.3 Å². The van der Waals surface area contributed by atoms with Crippen molar-refractivity contribution < 1.29 is 14.0 Å². The van der Waals surface area contributed by atoms with Crippen molar-refractivity contribution in [2.45, 2.75) is 25.7 Å². The lowest BCUT2D eigenvalue weighted by Gasteiger charge is -2.31. The maximum absolute atomic E-state index is 13.3. The largest absolute Gasteiger partial charge is 0.324 e. The zero-order valence-corrected chi connectivity index (χ0v) is 17.8. The summed E-state index contributed by atoms with van der Waals surface area (Å²) in [4.78, 5) is 26.9. The highest BCUT2D eigenvalue weighted by molar-refractivity contribution is 7.13. The molecule has 9 heteroatoms. The first kappa shape index (κ1) is 20.9. The lowest BCUT2D eigenvalue weighted by Crippen LogP contribution is -2.41. The van der Waals surface area contributed by atoms with Gasteiger partial charge in [-0.2, -0.15) is 0 Å². The number of benzene rings is 2. The van der Waals surface area contributed by atoms with Crippen LogP contribution in [-0.4, -0.2) is 40.1 Å². The molecule has 0 aliphatic carbocycles. The molecule has 1 aliphatic heterocycles. The molecule has 3 amide bonds. The van der Waals surface area contributed by atoms with E-state index in [0.717, 1.165) is 29.1 Å². The number of hydrogen-bond donors (Lipinski definition) is 2. The molecule has 2 aromatic carbocycles. The Labute approximate surface area is 183 Å². The molecule has 0 saturated carbocycles. The van der Waals surface area contributed by atoms with Crippen LogP contribution < -0.4 is 10.6 Å². The van der Waals surface area contributed by atoms with Crippen molar-refractivity contribution in [1.29, 1.82) is 0 Å². The van der Waals surface area contributed by atoms with Crippen LogP contribution in [0.2, 0.25) is 0 Å². The van der Waals surface area contributed by atoms with Gasteiger partial charge in [-0.15, -0.1) is 10.2 Å². The van der Waals surface area contributed by atoms with Crippen LogP contribution in [0.4, 0.5) is 20.6 Å². The second-order valence-corrected chi connectivity index (χ2v) is 8.45. The summed E-state index contributed by atoms with van der Waals surface area (Å²) >= 11 is 1.20. The number of carbonyl (C=O) groups is 2. The summed E-state index contributed by atoms with van der Waals surface area (Å²) in [6.45, 7) is 3.13. The number of carbonyl (C=O) groups excluding carboxylic acids is 2. The fraction of sp³-hybridized carbons (Fsp3) is 0.273. The van der Waals surface area contributed by atoms with Gasteiger partial charge in [0.1, 0.15) is 10.8 Å². The quantitative estimate of drug-likeness (QED) is 0.620. The van der Waals surface area contributed by atoms with E-state index in [-0.39, 0.29) is 17.0 Å². The van der Waals surface area contributed by atoms with E-state index in [1.807, 2.05) is 31.2 Å². The Morgan fingerprint density at radius 3 is 2.77 bits per heavy atom. The summed E-state index contributed by atoms with van der Waals surface area (Å²) in [5.74, 6) is -0.842. The van der Waals surface area contributed by atoms with E-state index in [1.165, 1.54) is 29.5 Å². The first-order valence-corrected chi connectivity index (χ1v) is 10.8. The molecule has 31 heavy (non-hydrogen) atoms. The van der Waals surface area contributed by atoms with E-state index in [2.05, 4.69) is 20.8 Å². The Kier molecular flexibility index (Phi) is 6.22. The van der Waals surface area contributed by atoms with Gasteiger partial charge in [0.05, 0.1) is 0 Å². The number of likely N-dealkylation sites (tertiary alicyclic amines) is 1. The lowest BCUT2D eigenvalue weighted by atomic mass is 9.99. The zero-order chi connectivity index (χ0) is 21.8. The third kappa shape index (κ3) is 5.05. The van der Waals surface area contributed by atoms with E-state index >= 15 is 0 Å². The Bertz CT molecular complexity index is 1100. The van der Waals surface area contributed by atoms with Crippen LogP contribution in [0, 0.1) is 12.7 Å². The molecule has 0 bridgehead atoms. The maximum Gasteiger partial charge on any atom is 0.321 e. The summed E-state index contributed by atoms with van der Waals surface area (Å²) in [6, 6.07) is 13.2. The molecular weight excluding hydrogens is 417 g/mol. The first-order chi connectivity index (χ1) is 15.0. The van der Waals surface area contributed by atoms with Crippen LogP contribution in [0.25, 0.3) is 0 Å². The number of para-hydroxylation sites is 1. The van der Waals surface area contributed by atoms with Crippen molar-refractivity contribution in [3.05, 3.63) is 69.9 Å². The SMILES string of the molecule is Cc1ccccc1NC(=O)N1CCCC(c2nnc(C(=O)Nc3cccc(F)c3)s2)C1. The van der Waals surface area contributed by atoms with E-state index in [1.54, 1.807) is 11.0 Å².